The lowest BCUT2D eigenvalue weighted by Gasteiger charge is -2.01. The Bertz CT molecular complexity index is 1080. The van der Waals surface area contributed by atoms with Crippen molar-refractivity contribution in [1.82, 2.24) is 14.0 Å². The second kappa shape index (κ2) is 4.55. The molecule has 0 saturated heterocycles. The molecule has 0 aliphatic heterocycles. The molecular formula is C17H15N3OS. The molecule has 0 radical (unpaired) electrons. The summed E-state index contributed by atoms with van der Waals surface area (Å²) in [6.07, 6.45) is 2.05. The molecule has 0 N–H and O–H groups in total. The smallest absolute Gasteiger partial charge is 0.304 e. The van der Waals surface area contributed by atoms with Crippen molar-refractivity contribution >= 4 is 27.2 Å². The zero-order valence-electron chi connectivity index (χ0n) is 12.6. The van der Waals surface area contributed by atoms with Crippen LogP contribution in [-0.4, -0.2) is 14.0 Å². The van der Waals surface area contributed by atoms with Crippen LogP contribution in [0, 0.1) is 13.8 Å². The van der Waals surface area contributed by atoms with Crippen LogP contribution >= 0.6 is 11.3 Å². The van der Waals surface area contributed by atoms with Gasteiger partial charge >= 0.3 is 4.87 Å². The van der Waals surface area contributed by atoms with Crippen LogP contribution in [0.3, 0.4) is 0 Å². The number of aromatic nitrogens is 3. The van der Waals surface area contributed by atoms with Crippen LogP contribution in [0.2, 0.25) is 0 Å². The number of rotatable bonds is 1. The highest BCUT2D eigenvalue weighted by Crippen LogP contribution is 2.28. The highest BCUT2D eigenvalue weighted by molar-refractivity contribution is 7.16. The number of imidazole rings is 1. The lowest BCUT2D eigenvalue weighted by molar-refractivity contribution is 0.939. The molecule has 0 amide bonds. The van der Waals surface area contributed by atoms with Gasteiger partial charge in [0.1, 0.15) is 5.65 Å². The molecule has 4 rings (SSSR count). The average Bonchev–Trinajstić information content (AvgIpc) is 2.97. The van der Waals surface area contributed by atoms with Gasteiger partial charge < -0.3 is 8.97 Å². The number of nitrogens with zero attached hydrogens (tertiary/aromatic N) is 3. The van der Waals surface area contributed by atoms with E-state index in [0.717, 1.165) is 32.8 Å². The molecule has 0 unspecified atom stereocenters. The van der Waals surface area contributed by atoms with E-state index in [1.165, 1.54) is 16.9 Å². The summed E-state index contributed by atoms with van der Waals surface area (Å²) in [4.78, 5) is 16.6. The van der Waals surface area contributed by atoms with Gasteiger partial charge in [-0.15, -0.1) is 0 Å². The van der Waals surface area contributed by atoms with Gasteiger partial charge in [0.25, 0.3) is 0 Å². The third kappa shape index (κ3) is 1.82. The van der Waals surface area contributed by atoms with E-state index in [9.17, 15) is 4.79 Å². The normalized spacial score (nSPS) is 11.6. The summed E-state index contributed by atoms with van der Waals surface area (Å²) in [5.41, 5.74) is 6.21. The number of fused-ring (bicyclic) bond motifs is 2. The molecule has 110 valence electrons. The number of hydrogen-bond donors (Lipinski definition) is 0. The molecule has 0 fully saturated rings. The zero-order chi connectivity index (χ0) is 15.4. The van der Waals surface area contributed by atoms with Crippen LogP contribution < -0.4 is 4.87 Å². The molecule has 5 heteroatoms. The second-order valence-corrected chi connectivity index (χ2v) is 6.58. The van der Waals surface area contributed by atoms with Gasteiger partial charge in [-0.05, 0) is 43.7 Å². The van der Waals surface area contributed by atoms with Gasteiger partial charge in [-0.3, -0.25) is 4.79 Å². The first-order valence-corrected chi connectivity index (χ1v) is 7.91. The second-order valence-electron chi connectivity index (χ2n) is 5.59. The minimum absolute atomic E-state index is 0.0644. The van der Waals surface area contributed by atoms with E-state index in [0.29, 0.717) is 0 Å². The molecular weight excluding hydrogens is 294 g/mol. The van der Waals surface area contributed by atoms with Gasteiger partial charge in [0.15, 0.2) is 0 Å². The van der Waals surface area contributed by atoms with Crippen molar-refractivity contribution in [2.24, 2.45) is 7.05 Å². The number of benzene rings is 1. The van der Waals surface area contributed by atoms with E-state index in [-0.39, 0.29) is 4.87 Å². The lowest BCUT2D eigenvalue weighted by atomic mass is 10.1. The van der Waals surface area contributed by atoms with Crippen molar-refractivity contribution in [3.05, 3.63) is 57.5 Å². The molecule has 22 heavy (non-hydrogen) atoms. The Morgan fingerprint density at radius 2 is 1.95 bits per heavy atom. The SMILES string of the molecule is Cc1ccn2c(C)c(-c3ccc4sc(=O)n(C)c4c3)nc2c1. The van der Waals surface area contributed by atoms with E-state index >= 15 is 0 Å². The maximum atomic E-state index is 11.8. The van der Waals surface area contributed by atoms with Crippen molar-refractivity contribution in [2.45, 2.75) is 13.8 Å². The Kier molecular flexibility index (Phi) is 2.74. The summed E-state index contributed by atoms with van der Waals surface area (Å²) in [6, 6.07) is 10.3. The number of thiazole rings is 1. The Morgan fingerprint density at radius 3 is 2.77 bits per heavy atom. The standard InChI is InChI=1S/C17H15N3OS/c1-10-6-7-20-11(2)16(18-15(20)8-10)12-4-5-14-13(9-12)19(3)17(21)22-14/h4-9H,1-3H3. The molecule has 3 aromatic heterocycles. The van der Waals surface area contributed by atoms with Crippen LogP contribution in [0.4, 0.5) is 0 Å². The number of aryl methyl sites for hydroxylation is 3. The van der Waals surface area contributed by atoms with E-state index < -0.39 is 0 Å². The molecule has 4 nitrogen and oxygen atoms in total. The van der Waals surface area contributed by atoms with Gasteiger partial charge in [-0.1, -0.05) is 17.4 Å². The quantitative estimate of drug-likeness (QED) is 0.539. The van der Waals surface area contributed by atoms with Crippen LogP contribution in [-0.2, 0) is 7.05 Å². The highest BCUT2D eigenvalue weighted by Gasteiger charge is 2.12. The fourth-order valence-corrected chi connectivity index (χ4v) is 3.68. The average molecular weight is 309 g/mol. The van der Waals surface area contributed by atoms with E-state index in [1.54, 1.807) is 4.57 Å². The maximum Gasteiger partial charge on any atom is 0.307 e. The summed E-state index contributed by atoms with van der Waals surface area (Å²) in [5.74, 6) is 0. The fraction of sp³-hybridized carbons (Fsp3) is 0.176. The first kappa shape index (κ1) is 13.3. The third-order valence-corrected chi connectivity index (χ3v) is 5.10. The monoisotopic (exact) mass is 309 g/mol. The topological polar surface area (TPSA) is 39.3 Å². The maximum absolute atomic E-state index is 11.8. The molecule has 0 aliphatic carbocycles. The van der Waals surface area contributed by atoms with E-state index in [2.05, 4.69) is 42.6 Å². The molecule has 0 saturated carbocycles. The third-order valence-electron chi connectivity index (χ3n) is 4.09. The lowest BCUT2D eigenvalue weighted by Crippen LogP contribution is -2.06. The van der Waals surface area contributed by atoms with Crippen LogP contribution in [0.15, 0.2) is 41.3 Å². The van der Waals surface area contributed by atoms with Gasteiger partial charge in [0.05, 0.1) is 15.9 Å². The van der Waals surface area contributed by atoms with Crippen molar-refractivity contribution < 1.29 is 0 Å². The van der Waals surface area contributed by atoms with Crippen LogP contribution in [0.1, 0.15) is 11.3 Å². The van der Waals surface area contributed by atoms with E-state index in [4.69, 9.17) is 4.98 Å². The minimum atomic E-state index is 0.0644. The summed E-state index contributed by atoms with van der Waals surface area (Å²) in [5, 5.41) is 0. The fourth-order valence-electron chi connectivity index (χ4n) is 2.82. The van der Waals surface area contributed by atoms with Gasteiger partial charge in [0, 0.05) is 24.5 Å². The Morgan fingerprint density at radius 1 is 1.14 bits per heavy atom. The predicted octanol–water partition coefficient (Wildman–Crippen LogP) is 3.53. The Balaban J connectivity index is 2.00. The number of pyridine rings is 1. The van der Waals surface area contributed by atoms with Crippen molar-refractivity contribution in [3.63, 3.8) is 0 Å². The Labute approximate surface area is 131 Å². The minimum Gasteiger partial charge on any atom is -0.304 e. The molecule has 4 aromatic rings. The highest BCUT2D eigenvalue weighted by atomic mass is 32.1. The Hall–Kier alpha value is -2.40. The largest absolute Gasteiger partial charge is 0.307 e. The summed E-state index contributed by atoms with van der Waals surface area (Å²) >= 11 is 1.28. The molecule has 0 atom stereocenters. The van der Waals surface area contributed by atoms with Crippen molar-refractivity contribution in [2.75, 3.05) is 0 Å². The summed E-state index contributed by atoms with van der Waals surface area (Å²) < 4.78 is 4.80. The van der Waals surface area contributed by atoms with Gasteiger partial charge in [-0.25, -0.2) is 4.98 Å². The molecule has 0 bridgehead atoms. The first-order chi connectivity index (χ1) is 10.5. The summed E-state index contributed by atoms with van der Waals surface area (Å²) in [6.45, 7) is 4.14. The van der Waals surface area contributed by atoms with Gasteiger partial charge in [0.2, 0.25) is 0 Å². The van der Waals surface area contributed by atoms with Crippen LogP contribution in [0.25, 0.3) is 27.1 Å². The molecule has 0 aliphatic rings. The summed E-state index contributed by atoms with van der Waals surface area (Å²) in [7, 11) is 1.81. The number of hydrogen-bond acceptors (Lipinski definition) is 3. The molecule has 0 spiro atoms. The zero-order valence-corrected chi connectivity index (χ0v) is 13.4. The molecule has 1 aromatic carbocycles. The molecule has 3 heterocycles. The van der Waals surface area contributed by atoms with Crippen molar-refractivity contribution in [1.29, 1.82) is 0 Å². The van der Waals surface area contributed by atoms with Crippen molar-refractivity contribution in [3.8, 4) is 11.3 Å². The van der Waals surface area contributed by atoms with Gasteiger partial charge in [-0.2, -0.15) is 0 Å². The first-order valence-electron chi connectivity index (χ1n) is 7.10. The predicted molar refractivity (Wildman–Crippen MR) is 90.7 cm³/mol. The van der Waals surface area contributed by atoms with Crippen LogP contribution in [0.5, 0.6) is 0 Å². The van der Waals surface area contributed by atoms with E-state index in [1.807, 2.05) is 19.2 Å².